The van der Waals surface area contributed by atoms with Crippen LogP contribution in [0.25, 0.3) is 0 Å². The van der Waals surface area contributed by atoms with E-state index in [0.29, 0.717) is 6.61 Å². The summed E-state index contributed by atoms with van der Waals surface area (Å²) in [5.41, 5.74) is 6.63. The molecule has 4 rings (SSSR count). The molecule has 136 valence electrons. The molecule has 3 nitrogen and oxygen atoms in total. The van der Waals surface area contributed by atoms with Crippen LogP contribution in [0.15, 0.2) is 77.9 Å². The maximum atomic E-state index is 5.96. The molecule has 0 radical (unpaired) electrons. The fraction of sp³-hybridized carbons (Fsp3) is 0.0952. The predicted molar refractivity (Wildman–Crippen MR) is 121 cm³/mol. The van der Waals surface area contributed by atoms with Crippen molar-refractivity contribution in [3.63, 3.8) is 0 Å². The summed E-state index contributed by atoms with van der Waals surface area (Å²) in [6.45, 7) is 0.518. The van der Waals surface area contributed by atoms with E-state index in [4.69, 9.17) is 16.3 Å². The molecular weight excluding hydrogens is 491 g/mol. The van der Waals surface area contributed by atoms with Crippen LogP contribution in [0.1, 0.15) is 22.1 Å². The molecule has 0 fully saturated rings. The van der Waals surface area contributed by atoms with Gasteiger partial charge in [0.05, 0.1) is 3.57 Å². The number of halogens is 2. The average Bonchev–Trinajstić information content (AvgIpc) is 3.19. The number of thioether (sulfide) groups is 1. The van der Waals surface area contributed by atoms with E-state index >= 15 is 0 Å². The summed E-state index contributed by atoms with van der Waals surface area (Å²) in [4.78, 5) is 0. The lowest BCUT2D eigenvalue weighted by Gasteiger charge is -2.13. The molecule has 0 spiro atoms. The summed E-state index contributed by atoms with van der Waals surface area (Å²) in [5, 5.41) is 6.34. The Kier molecular flexibility index (Phi) is 5.90. The zero-order chi connectivity index (χ0) is 18.6. The molecule has 1 heterocycles. The smallest absolute Gasteiger partial charge is 0.133 e. The maximum absolute atomic E-state index is 5.96. The molecule has 6 heteroatoms. The van der Waals surface area contributed by atoms with E-state index in [1.807, 2.05) is 48.5 Å². The summed E-state index contributed by atoms with van der Waals surface area (Å²) in [5.74, 6) is 0.876. The van der Waals surface area contributed by atoms with Crippen molar-refractivity contribution in [2.75, 3.05) is 0 Å². The van der Waals surface area contributed by atoms with Gasteiger partial charge in [0, 0.05) is 10.6 Å². The number of hydrogen-bond acceptors (Lipinski definition) is 4. The van der Waals surface area contributed by atoms with Gasteiger partial charge in [0.2, 0.25) is 0 Å². The van der Waals surface area contributed by atoms with Gasteiger partial charge >= 0.3 is 0 Å². The Hall–Kier alpha value is -1.70. The highest BCUT2D eigenvalue weighted by atomic mass is 127. The van der Waals surface area contributed by atoms with E-state index in [9.17, 15) is 0 Å². The fourth-order valence-electron chi connectivity index (χ4n) is 2.68. The second kappa shape index (κ2) is 8.54. The quantitative estimate of drug-likeness (QED) is 0.417. The van der Waals surface area contributed by atoms with Crippen molar-refractivity contribution in [1.29, 1.82) is 0 Å². The van der Waals surface area contributed by atoms with Crippen LogP contribution in [-0.2, 0) is 6.61 Å². The molecule has 0 aliphatic carbocycles. The first-order chi connectivity index (χ1) is 13.2. The minimum absolute atomic E-state index is 0.110. The molecule has 1 aliphatic heterocycles. The van der Waals surface area contributed by atoms with Crippen molar-refractivity contribution < 1.29 is 4.74 Å². The molecule has 0 saturated carbocycles. The molecule has 0 bridgehead atoms. The lowest BCUT2D eigenvalue weighted by molar-refractivity contribution is 0.304. The van der Waals surface area contributed by atoms with E-state index in [1.165, 1.54) is 5.56 Å². The number of rotatable bonds is 5. The summed E-state index contributed by atoms with van der Waals surface area (Å²) >= 11 is 9.97. The van der Waals surface area contributed by atoms with Gasteiger partial charge in [0.15, 0.2) is 0 Å². The summed E-state index contributed by atoms with van der Waals surface area (Å²) in [7, 11) is 0. The lowest BCUT2D eigenvalue weighted by atomic mass is 10.2. The molecule has 1 N–H and O–H groups in total. The van der Waals surface area contributed by atoms with Crippen LogP contribution in [0.3, 0.4) is 0 Å². The van der Waals surface area contributed by atoms with Crippen LogP contribution in [0, 0.1) is 3.57 Å². The minimum Gasteiger partial charge on any atom is -0.488 e. The Balaban J connectivity index is 1.41. The third kappa shape index (κ3) is 4.59. The zero-order valence-electron chi connectivity index (χ0n) is 14.2. The van der Waals surface area contributed by atoms with Crippen LogP contribution in [0.2, 0.25) is 5.02 Å². The number of nitrogens with zero attached hydrogens (tertiary/aromatic N) is 1. The SMILES string of the molecule is Clc1ccc(COc2ccc([C@H]3NN=C(c4ccccc4)S3)cc2I)cc1. The Morgan fingerprint density at radius 1 is 1.04 bits per heavy atom. The van der Waals surface area contributed by atoms with Crippen molar-refractivity contribution in [2.45, 2.75) is 12.0 Å². The Labute approximate surface area is 181 Å². The first kappa shape index (κ1) is 18.7. The molecule has 0 saturated heterocycles. The third-order valence-electron chi connectivity index (χ3n) is 4.10. The second-order valence-corrected chi connectivity index (χ2v) is 8.71. The lowest BCUT2D eigenvalue weighted by Crippen LogP contribution is -2.07. The van der Waals surface area contributed by atoms with Gasteiger partial charge in [-0.15, -0.1) is 0 Å². The van der Waals surface area contributed by atoms with Crippen molar-refractivity contribution in [3.8, 4) is 5.75 Å². The van der Waals surface area contributed by atoms with Crippen LogP contribution < -0.4 is 10.2 Å². The van der Waals surface area contributed by atoms with Crippen molar-refractivity contribution >= 4 is 51.0 Å². The monoisotopic (exact) mass is 506 g/mol. The number of benzene rings is 3. The molecule has 1 aliphatic rings. The fourth-order valence-corrected chi connectivity index (χ4v) is 4.49. The number of nitrogens with one attached hydrogen (secondary N) is 1. The first-order valence-corrected chi connectivity index (χ1v) is 10.7. The largest absolute Gasteiger partial charge is 0.488 e. The topological polar surface area (TPSA) is 33.6 Å². The van der Waals surface area contributed by atoms with Crippen LogP contribution >= 0.6 is 46.0 Å². The second-order valence-electron chi connectivity index (χ2n) is 6.01. The van der Waals surface area contributed by atoms with Crippen LogP contribution in [0.4, 0.5) is 0 Å². The molecule has 0 aromatic heterocycles. The predicted octanol–water partition coefficient (Wildman–Crippen LogP) is 6.22. The highest BCUT2D eigenvalue weighted by molar-refractivity contribution is 14.1. The molecule has 0 amide bonds. The van der Waals surface area contributed by atoms with Gasteiger partial charge in [0.1, 0.15) is 22.8 Å². The molecule has 27 heavy (non-hydrogen) atoms. The van der Waals surface area contributed by atoms with Gasteiger partial charge < -0.3 is 4.74 Å². The summed E-state index contributed by atoms with van der Waals surface area (Å²) in [6, 6.07) is 24.2. The van der Waals surface area contributed by atoms with Gasteiger partial charge in [-0.05, 0) is 58.0 Å². The number of hydrogen-bond donors (Lipinski definition) is 1. The third-order valence-corrected chi connectivity index (χ3v) is 6.36. The maximum Gasteiger partial charge on any atom is 0.133 e. The van der Waals surface area contributed by atoms with Gasteiger partial charge in [-0.25, -0.2) is 0 Å². The summed E-state index contributed by atoms with van der Waals surface area (Å²) < 4.78 is 7.04. The average molecular weight is 507 g/mol. The van der Waals surface area contributed by atoms with E-state index < -0.39 is 0 Å². The zero-order valence-corrected chi connectivity index (χ0v) is 18.0. The van der Waals surface area contributed by atoms with Crippen molar-refractivity contribution in [3.05, 3.63) is 98.1 Å². The van der Waals surface area contributed by atoms with Crippen LogP contribution in [0.5, 0.6) is 5.75 Å². The van der Waals surface area contributed by atoms with E-state index in [1.54, 1.807) is 11.8 Å². The molecular formula is C21H16ClIN2OS. The normalized spacial score (nSPS) is 15.9. The Morgan fingerprint density at radius 3 is 2.56 bits per heavy atom. The van der Waals surface area contributed by atoms with Crippen molar-refractivity contribution in [2.24, 2.45) is 5.10 Å². The highest BCUT2D eigenvalue weighted by Crippen LogP contribution is 2.36. The minimum atomic E-state index is 0.110. The van der Waals surface area contributed by atoms with Gasteiger partial charge in [-0.1, -0.05) is 71.9 Å². The Morgan fingerprint density at radius 2 is 1.81 bits per heavy atom. The van der Waals surface area contributed by atoms with Gasteiger partial charge in [-0.2, -0.15) is 5.10 Å². The molecule has 3 aromatic carbocycles. The standard InChI is InChI=1S/C21H16ClIN2OS/c22-17-9-6-14(7-10-17)13-26-19-11-8-16(12-18(19)23)21-25-24-20(27-21)15-4-2-1-3-5-15/h1-12,21,25H,13H2/t21-/m0/s1. The molecule has 0 unspecified atom stereocenters. The van der Waals surface area contributed by atoms with E-state index in [-0.39, 0.29) is 5.37 Å². The van der Waals surface area contributed by atoms with Crippen LogP contribution in [-0.4, -0.2) is 5.04 Å². The Bertz CT molecular complexity index is 964. The van der Waals surface area contributed by atoms with E-state index in [0.717, 1.165) is 30.5 Å². The van der Waals surface area contributed by atoms with Gasteiger partial charge in [-0.3, -0.25) is 5.43 Å². The first-order valence-electron chi connectivity index (χ1n) is 8.41. The van der Waals surface area contributed by atoms with Crippen molar-refractivity contribution in [1.82, 2.24) is 5.43 Å². The molecule has 3 aromatic rings. The van der Waals surface area contributed by atoms with E-state index in [2.05, 4.69) is 57.4 Å². The van der Waals surface area contributed by atoms with Gasteiger partial charge in [0.25, 0.3) is 0 Å². The highest BCUT2D eigenvalue weighted by Gasteiger charge is 2.22. The number of hydrazone groups is 1. The summed E-state index contributed by atoms with van der Waals surface area (Å²) in [6.07, 6.45) is 0. The number of ether oxygens (including phenoxy) is 1. The molecule has 1 atom stereocenters.